The Bertz CT molecular complexity index is 541. The van der Waals surface area contributed by atoms with Crippen molar-refractivity contribution in [1.82, 2.24) is 4.31 Å². The Morgan fingerprint density at radius 2 is 2.00 bits per heavy atom. The average molecular weight is 300 g/mol. The number of sulfonamides is 1. The fourth-order valence-electron chi connectivity index (χ4n) is 2.03. The number of benzene rings is 1. The van der Waals surface area contributed by atoms with Crippen LogP contribution in [0.25, 0.3) is 0 Å². The summed E-state index contributed by atoms with van der Waals surface area (Å²) in [6, 6.07) is 4.95. The molecule has 0 aromatic heterocycles. The number of methoxy groups -OCH3 is 1. The van der Waals surface area contributed by atoms with Gasteiger partial charge < -0.3 is 10.5 Å². The minimum absolute atomic E-state index is 0.121. The van der Waals surface area contributed by atoms with E-state index in [-0.39, 0.29) is 6.04 Å². The second-order valence-corrected chi connectivity index (χ2v) is 6.89. The monoisotopic (exact) mass is 300 g/mol. The van der Waals surface area contributed by atoms with E-state index in [1.165, 1.54) is 4.31 Å². The summed E-state index contributed by atoms with van der Waals surface area (Å²) in [5.41, 5.74) is 7.46. The van der Waals surface area contributed by atoms with Crippen LogP contribution in [0, 0.1) is 6.92 Å². The van der Waals surface area contributed by atoms with Gasteiger partial charge in [0.25, 0.3) is 0 Å². The first kappa shape index (κ1) is 17.1. The average Bonchev–Trinajstić information content (AvgIpc) is 2.38. The third-order valence-electron chi connectivity index (χ3n) is 3.23. The Labute approximate surface area is 121 Å². The van der Waals surface area contributed by atoms with Gasteiger partial charge in [0.05, 0.1) is 11.5 Å². The number of hydrogen-bond donors (Lipinski definition) is 1. The number of aryl methyl sites for hydroxylation is 1. The molecule has 0 bridgehead atoms. The predicted molar refractivity (Wildman–Crippen MR) is 80.0 cm³/mol. The van der Waals surface area contributed by atoms with Crippen molar-refractivity contribution >= 4 is 10.0 Å². The molecule has 0 amide bonds. The molecule has 0 aliphatic rings. The van der Waals surface area contributed by atoms with Crippen molar-refractivity contribution in [1.29, 1.82) is 0 Å². The maximum absolute atomic E-state index is 12.7. The lowest BCUT2D eigenvalue weighted by molar-refractivity contribution is 0.171. The van der Waals surface area contributed by atoms with Crippen LogP contribution in [0.1, 0.15) is 25.0 Å². The zero-order valence-corrected chi connectivity index (χ0v) is 13.4. The SMILES string of the molecule is COCCN(C(C)C)S(=O)(=O)c1ccc(CN)c(C)c1. The lowest BCUT2D eigenvalue weighted by atomic mass is 10.1. The highest BCUT2D eigenvalue weighted by Gasteiger charge is 2.26. The smallest absolute Gasteiger partial charge is 0.243 e. The molecular formula is C14H24N2O3S. The molecule has 5 nitrogen and oxygen atoms in total. The van der Waals surface area contributed by atoms with E-state index in [9.17, 15) is 8.42 Å². The third kappa shape index (κ3) is 3.79. The van der Waals surface area contributed by atoms with Crippen molar-refractivity contribution in [3.63, 3.8) is 0 Å². The molecule has 0 fully saturated rings. The topological polar surface area (TPSA) is 72.6 Å². The number of nitrogens with two attached hydrogens (primary N) is 1. The van der Waals surface area contributed by atoms with Crippen LogP contribution in [0.2, 0.25) is 0 Å². The lowest BCUT2D eigenvalue weighted by Crippen LogP contribution is -2.39. The van der Waals surface area contributed by atoms with E-state index in [1.54, 1.807) is 25.3 Å². The van der Waals surface area contributed by atoms with Crippen LogP contribution in [0.5, 0.6) is 0 Å². The molecule has 1 aromatic carbocycles. The zero-order valence-electron chi connectivity index (χ0n) is 12.6. The molecule has 0 unspecified atom stereocenters. The second kappa shape index (κ2) is 7.17. The van der Waals surface area contributed by atoms with Gasteiger partial charge in [0, 0.05) is 26.2 Å². The summed E-state index contributed by atoms with van der Waals surface area (Å²) in [6.45, 7) is 6.70. The van der Waals surface area contributed by atoms with Crippen LogP contribution in [0.3, 0.4) is 0 Å². The van der Waals surface area contributed by atoms with Gasteiger partial charge >= 0.3 is 0 Å². The Hall–Kier alpha value is -0.950. The van der Waals surface area contributed by atoms with Gasteiger partial charge in [0.15, 0.2) is 0 Å². The summed E-state index contributed by atoms with van der Waals surface area (Å²) in [4.78, 5) is 0.303. The summed E-state index contributed by atoms with van der Waals surface area (Å²) < 4.78 is 31.8. The van der Waals surface area contributed by atoms with Gasteiger partial charge in [-0.25, -0.2) is 8.42 Å². The normalized spacial score (nSPS) is 12.3. The molecule has 0 heterocycles. The molecule has 0 radical (unpaired) electrons. The first-order chi connectivity index (χ1) is 9.34. The Kier molecular flexibility index (Phi) is 6.13. The molecule has 0 atom stereocenters. The standard InChI is InChI=1S/C14H24N2O3S/c1-11(2)16(7-8-19-4)20(17,18)14-6-5-13(10-15)12(3)9-14/h5-6,9,11H,7-8,10,15H2,1-4H3. The molecule has 6 heteroatoms. The largest absolute Gasteiger partial charge is 0.383 e. The van der Waals surface area contributed by atoms with E-state index in [0.29, 0.717) is 24.6 Å². The van der Waals surface area contributed by atoms with E-state index < -0.39 is 10.0 Å². The Balaban J connectivity index is 3.16. The van der Waals surface area contributed by atoms with E-state index in [0.717, 1.165) is 11.1 Å². The molecule has 0 spiro atoms. The first-order valence-corrected chi connectivity index (χ1v) is 8.09. The zero-order chi connectivity index (χ0) is 15.3. The molecule has 0 saturated heterocycles. The first-order valence-electron chi connectivity index (χ1n) is 6.65. The molecule has 0 aliphatic heterocycles. The van der Waals surface area contributed by atoms with Crippen LogP contribution in [0.4, 0.5) is 0 Å². The van der Waals surface area contributed by atoms with Crippen LogP contribution in [-0.2, 0) is 21.3 Å². The molecule has 2 N–H and O–H groups in total. The van der Waals surface area contributed by atoms with Crippen LogP contribution in [-0.4, -0.2) is 39.0 Å². The maximum Gasteiger partial charge on any atom is 0.243 e. The maximum atomic E-state index is 12.7. The van der Waals surface area contributed by atoms with E-state index >= 15 is 0 Å². The van der Waals surface area contributed by atoms with Gasteiger partial charge in [0.1, 0.15) is 0 Å². The molecule has 114 valence electrons. The summed E-state index contributed by atoms with van der Waals surface area (Å²) >= 11 is 0. The van der Waals surface area contributed by atoms with Crippen LogP contribution < -0.4 is 5.73 Å². The fraction of sp³-hybridized carbons (Fsp3) is 0.571. The van der Waals surface area contributed by atoms with Crippen molar-refractivity contribution in [2.75, 3.05) is 20.3 Å². The van der Waals surface area contributed by atoms with Gasteiger partial charge in [0.2, 0.25) is 10.0 Å². The minimum Gasteiger partial charge on any atom is -0.383 e. The molecule has 0 aliphatic carbocycles. The van der Waals surface area contributed by atoms with Gasteiger partial charge in [-0.15, -0.1) is 0 Å². The van der Waals surface area contributed by atoms with Crippen molar-refractivity contribution in [3.05, 3.63) is 29.3 Å². The van der Waals surface area contributed by atoms with Crippen LogP contribution >= 0.6 is 0 Å². The van der Waals surface area contributed by atoms with Gasteiger partial charge in [-0.1, -0.05) is 6.07 Å². The number of hydrogen-bond acceptors (Lipinski definition) is 4. The van der Waals surface area contributed by atoms with Gasteiger partial charge in [-0.2, -0.15) is 4.31 Å². The summed E-state index contributed by atoms with van der Waals surface area (Å²) in [7, 11) is -1.95. The van der Waals surface area contributed by atoms with Crippen LogP contribution in [0.15, 0.2) is 23.1 Å². The van der Waals surface area contributed by atoms with E-state index in [1.807, 2.05) is 20.8 Å². The predicted octanol–water partition coefficient (Wildman–Crippen LogP) is 1.50. The highest BCUT2D eigenvalue weighted by Crippen LogP contribution is 2.21. The third-order valence-corrected chi connectivity index (χ3v) is 5.30. The van der Waals surface area contributed by atoms with Crippen molar-refractivity contribution in [3.8, 4) is 0 Å². The summed E-state index contributed by atoms with van der Waals surface area (Å²) in [6.07, 6.45) is 0. The number of ether oxygens (including phenoxy) is 1. The molecule has 1 rings (SSSR count). The highest BCUT2D eigenvalue weighted by atomic mass is 32.2. The Morgan fingerprint density at radius 1 is 1.35 bits per heavy atom. The molecule has 20 heavy (non-hydrogen) atoms. The lowest BCUT2D eigenvalue weighted by Gasteiger charge is -2.26. The van der Waals surface area contributed by atoms with E-state index in [2.05, 4.69) is 0 Å². The van der Waals surface area contributed by atoms with Gasteiger partial charge in [-0.05, 0) is 44.0 Å². The fourth-order valence-corrected chi connectivity index (χ4v) is 3.74. The minimum atomic E-state index is -3.51. The van der Waals surface area contributed by atoms with Crippen molar-refractivity contribution < 1.29 is 13.2 Å². The molecular weight excluding hydrogens is 276 g/mol. The summed E-state index contributed by atoms with van der Waals surface area (Å²) in [5, 5.41) is 0. The van der Waals surface area contributed by atoms with Crippen molar-refractivity contribution in [2.45, 2.75) is 38.3 Å². The highest BCUT2D eigenvalue weighted by molar-refractivity contribution is 7.89. The number of nitrogens with zero attached hydrogens (tertiary/aromatic N) is 1. The van der Waals surface area contributed by atoms with Gasteiger partial charge in [-0.3, -0.25) is 0 Å². The Morgan fingerprint density at radius 3 is 2.45 bits per heavy atom. The molecule has 1 aromatic rings. The summed E-state index contributed by atoms with van der Waals surface area (Å²) in [5.74, 6) is 0. The van der Waals surface area contributed by atoms with Crippen molar-refractivity contribution in [2.24, 2.45) is 5.73 Å². The molecule has 0 saturated carbocycles. The van der Waals surface area contributed by atoms with E-state index in [4.69, 9.17) is 10.5 Å². The second-order valence-electron chi connectivity index (χ2n) is 4.99. The number of rotatable bonds is 7. The quantitative estimate of drug-likeness (QED) is 0.828.